The van der Waals surface area contributed by atoms with Gasteiger partial charge in [0.1, 0.15) is 0 Å². The van der Waals surface area contributed by atoms with Crippen LogP contribution >= 0.6 is 0 Å². The van der Waals surface area contributed by atoms with Gasteiger partial charge in [0.2, 0.25) is 0 Å². The molecule has 0 aromatic rings. The van der Waals surface area contributed by atoms with Crippen LogP contribution < -0.4 is 0 Å². The fourth-order valence-electron chi connectivity index (χ4n) is 2.61. The first-order valence-corrected chi connectivity index (χ1v) is 5.79. The molecular formula is C11H23N3. The second-order valence-corrected chi connectivity index (χ2v) is 5.02. The van der Waals surface area contributed by atoms with Gasteiger partial charge in [0.05, 0.1) is 0 Å². The summed E-state index contributed by atoms with van der Waals surface area (Å²) in [4.78, 5) is 7.60. The summed E-state index contributed by atoms with van der Waals surface area (Å²) in [7, 11) is 4.47. The summed E-state index contributed by atoms with van der Waals surface area (Å²) >= 11 is 0. The van der Waals surface area contributed by atoms with Crippen LogP contribution in [0.5, 0.6) is 0 Å². The smallest absolute Gasteiger partial charge is 0.0239 e. The van der Waals surface area contributed by atoms with E-state index < -0.39 is 0 Å². The van der Waals surface area contributed by atoms with Crippen LogP contribution in [0.2, 0.25) is 0 Å². The van der Waals surface area contributed by atoms with Crippen LogP contribution in [0.25, 0.3) is 0 Å². The van der Waals surface area contributed by atoms with E-state index >= 15 is 0 Å². The summed E-state index contributed by atoms with van der Waals surface area (Å²) < 4.78 is 0. The highest BCUT2D eigenvalue weighted by molar-refractivity contribution is 4.88. The predicted molar refractivity (Wildman–Crippen MR) is 59.6 cm³/mol. The summed E-state index contributed by atoms with van der Waals surface area (Å²) in [5.41, 5.74) is 0. The number of hydrogen-bond donors (Lipinski definition) is 0. The fourth-order valence-corrected chi connectivity index (χ4v) is 2.61. The van der Waals surface area contributed by atoms with Crippen LogP contribution in [-0.2, 0) is 0 Å². The highest BCUT2D eigenvalue weighted by atomic mass is 15.3. The molecule has 2 saturated heterocycles. The van der Waals surface area contributed by atoms with Gasteiger partial charge in [-0.25, -0.2) is 0 Å². The molecule has 82 valence electrons. The van der Waals surface area contributed by atoms with Crippen molar-refractivity contribution in [1.82, 2.24) is 14.7 Å². The zero-order chi connectivity index (χ0) is 10.1. The SMILES string of the molecule is C[C@H]1C[C@H](N2CCN(C)CC2)CN1C. The zero-order valence-electron chi connectivity index (χ0n) is 9.74. The molecule has 0 saturated carbocycles. The fraction of sp³-hybridized carbons (Fsp3) is 1.00. The number of rotatable bonds is 1. The zero-order valence-corrected chi connectivity index (χ0v) is 9.74. The quantitative estimate of drug-likeness (QED) is 0.600. The lowest BCUT2D eigenvalue weighted by atomic mass is 10.1. The lowest BCUT2D eigenvalue weighted by Crippen LogP contribution is -2.49. The molecule has 14 heavy (non-hydrogen) atoms. The van der Waals surface area contributed by atoms with Gasteiger partial charge in [-0.3, -0.25) is 4.90 Å². The third-order valence-electron chi connectivity index (χ3n) is 3.92. The minimum absolute atomic E-state index is 0.777. The molecule has 2 fully saturated rings. The van der Waals surface area contributed by atoms with Gasteiger partial charge in [0.25, 0.3) is 0 Å². The monoisotopic (exact) mass is 197 g/mol. The standard InChI is InChI=1S/C11H23N3/c1-10-8-11(9-13(10)3)14-6-4-12(2)5-7-14/h10-11H,4-9H2,1-3H3/t10-,11-/m0/s1. The topological polar surface area (TPSA) is 9.72 Å². The lowest BCUT2D eigenvalue weighted by Gasteiger charge is -2.36. The van der Waals surface area contributed by atoms with Crippen LogP contribution in [0, 0.1) is 0 Å². The Kier molecular flexibility index (Phi) is 3.10. The number of nitrogens with zero attached hydrogens (tertiary/aromatic N) is 3. The van der Waals surface area contributed by atoms with Crippen LogP contribution in [0.1, 0.15) is 13.3 Å². The van der Waals surface area contributed by atoms with Gasteiger partial charge >= 0.3 is 0 Å². The van der Waals surface area contributed by atoms with Gasteiger partial charge in [-0.1, -0.05) is 0 Å². The van der Waals surface area contributed by atoms with E-state index in [1.165, 1.54) is 39.1 Å². The predicted octanol–water partition coefficient (Wildman–Crippen LogP) is 0.326. The average Bonchev–Trinajstić information content (AvgIpc) is 2.48. The van der Waals surface area contributed by atoms with Crippen molar-refractivity contribution in [3.05, 3.63) is 0 Å². The lowest BCUT2D eigenvalue weighted by molar-refractivity contribution is 0.114. The first-order chi connectivity index (χ1) is 6.66. The van der Waals surface area contributed by atoms with E-state index in [0.717, 1.165) is 12.1 Å². The Hall–Kier alpha value is -0.120. The number of likely N-dealkylation sites (tertiary alicyclic amines) is 1. The Morgan fingerprint density at radius 3 is 2.14 bits per heavy atom. The summed E-state index contributed by atoms with van der Waals surface area (Å²) in [6.07, 6.45) is 1.36. The van der Waals surface area contributed by atoms with Crippen molar-refractivity contribution >= 4 is 0 Å². The van der Waals surface area contributed by atoms with Crippen LogP contribution in [0.15, 0.2) is 0 Å². The highest BCUT2D eigenvalue weighted by Crippen LogP contribution is 2.20. The Labute approximate surface area is 87.7 Å². The molecule has 0 unspecified atom stereocenters. The molecule has 3 heteroatoms. The Bertz CT molecular complexity index is 177. The molecule has 0 aromatic heterocycles. The van der Waals surface area contributed by atoms with E-state index in [-0.39, 0.29) is 0 Å². The molecule has 0 bridgehead atoms. The maximum Gasteiger partial charge on any atom is 0.0239 e. The Morgan fingerprint density at radius 1 is 1.00 bits per heavy atom. The number of piperazine rings is 1. The molecule has 0 radical (unpaired) electrons. The Balaban J connectivity index is 1.85. The third-order valence-corrected chi connectivity index (χ3v) is 3.92. The summed E-state index contributed by atoms with van der Waals surface area (Å²) in [6.45, 7) is 8.63. The number of likely N-dealkylation sites (N-methyl/N-ethyl adjacent to an activating group) is 2. The second kappa shape index (κ2) is 4.17. The van der Waals surface area contributed by atoms with Crippen molar-refractivity contribution in [2.75, 3.05) is 46.8 Å². The average molecular weight is 197 g/mol. The van der Waals surface area contributed by atoms with Crippen LogP contribution in [0.4, 0.5) is 0 Å². The van der Waals surface area contributed by atoms with E-state index in [1.807, 2.05) is 0 Å². The van der Waals surface area contributed by atoms with Gasteiger partial charge < -0.3 is 9.80 Å². The highest BCUT2D eigenvalue weighted by Gasteiger charge is 2.31. The van der Waals surface area contributed by atoms with Crippen molar-refractivity contribution in [2.45, 2.75) is 25.4 Å². The van der Waals surface area contributed by atoms with Gasteiger partial charge in [-0.15, -0.1) is 0 Å². The van der Waals surface area contributed by atoms with Gasteiger partial charge in [0, 0.05) is 44.8 Å². The van der Waals surface area contributed by atoms with E-state index in [2.05, 4.69) is 35.7 Å². The van der Waals surface area contributed by atoms with E-state index in [1.54, 1.807) is 0 Å². The molecule has 0 amide bonds. The van der Waals surface area contributed by atoms with Crippen molar-refractivity contribution in [3.8, 4) is 0 Å². The van der Waals surface area contributed by atoms with Gasteiger partial charge in [-0.2, -0.15) is 0 Å². The molecular weight excluding hydrogens is 174 g/mol. The molecule has 3 nitrogen and oxygen atoms in total. The third kappa shape index (κ3) is 2.10. The van der Waals surface area contributed by atoms with E-state index in [0.29, 0.717) is 0 Å². The maximum atomic E-state index is 2.68. The van der Waals surface area contributed by atoms with Crippen molar-refractivity contribution < 1.29 is 0 Å². The molecule has 0 spiro atoms. The molecule has 0 aromatic carbocycles. The normalized spacial score (nSPS) is 37.9. The largest absolute Gasteiger partial charge is 0.304 e. The molecule has 0 N–H and O–H groups in total. The second-order valence-electron chi connectivity index (χ2n) is 5.02. The van der Waals surface area contributed by atoms with Gasteiger partial charge in [0.15, 0.2) is 0 Å². The first-order valence-electron chi connectivity index (χ1n) is 5.79. The van der Waals surface area contributed by atoms with Crippen molar-refractivity contribution in [3.63, 3.8) is 0 Å². The van der Waals surface area contributed by atoms with Crippen molar-refractivity contribution in [2.24, 2.45) is 0 Å². The van der Waals surface area contributed by atoms with Crippen LogP contribution in [-0.4, -0.2) is 73.6 Å². The number of hydrogen-bond acceptors (Lipinski definition) is 3. The van der Waals surface area contributed by atoms with Crippen LogP contribution in [0.3, 0.4) is 0 Å². The maximum absolute atomic E-state index is 2.68. The Morgan fingerprint density at radius 2 is 1.64 bits per heavy atom. The van der Waals surface area contributed by atoms with E-state index in [4.69, 9.17) is 0 Å². The molecule has 2 rings (SSSR count). The first kappa shape index (κ1) is 10.4. The molecule has 0 aliphatic carbocycles. The van der Waals surface area contributed by atoms with E-state index in [9.17, 15) is 0 Å². The summed E-state index contributed by atoms with van der Waals surface area (Å²) in [6, 6.07) is 1.60. The molecule has 2 aliphatic rings. The summed E-state index contributed by atoms with van der Waals surface area (Å²) in [5.74, 6) is 0. The van der Waals surface area contributed by atoms with Gasteiger partial charge in [-0.05, 0) is 27.4 Å². The summed E-state index contributed by atoms with van der Waals surface area (Å²) in [5, 5.41) is 0. The minimum Gasteiger partial charge on any atom is -0.304 e. The molecule has 2 atom stereocenters. The molecule has 2 aliphatic heterocycles. The molecule has 2 heterocycles. The minimum atomic E-state index is 0.777. The van der Waals surface area contributed by atoms with Crippen molar-refractivity contribution in [1.29, 1.82) is 0 Å².